The summed E-state index contributed by atoms with van der Waals surface area (Å²) >= 11 is 0. The molecule has 2 aromatic heterocycles. The van der Waals surface area contributed by atoms with E-state index in [-0.39, 0.29) is 12.2 Å². The monoisotopic (exact) mass is 438 g/mol. The van der Waals surface area contributed by atoms with E-state index in [1.165, 1.54) is 6.20 Å². The largest absolute Gasteiger partial charge is 0.487 e. The van der Waals surface area contributed by atoms with E-state index in [0.29, 0.717) is 22.3 Å². The molecule has 0 aliphatic carbocycles. The van der Waals surface area contributed by atoms with Crippen LogP contribution in [0.15, 0.2) is 90.3 Å². The van der Waals surface area contributed by atoms with E-state index >= 15 is 0 Å². The van der Waals surface area contributed by atoms with Crippen LogP contribution in [0.25, 0.3) is 16.5 Å². The molecule has 0 radical (unpaired) electrons. The van der Waals surface area contributed by atoms with E-state index in [0.717, 1.165) is 22.4 Å². The minimum atomic E-state index is -0.997. The number of fused-ring (bicyclic) bond motifs is 1. The summed E-state index contributed by atoms with van der Waals surface area (Å²) in [5.74, 6) is -0.369. The summed E-state index contributed by atoms with van der Waals surface area (Å²) in [5, 5.41) is 10.1. The van der Waals surface area contributed by atoms with Gasteiger partial charge in [-0.3, -0.25) is 9.98 Å². The third kappa shape index (κ3) is 4.72. The van der Waals surface area contributed by atoms with Crippen molar-refractivity contribution < 1.29 is 14.6 Å². The maximum atomic E-state index is 11.7. The van der Waals surface area contributed by atoms with Crippen molar-refractivity contribution in [2.75, 3.05) is 7.05 Å². The number of aromatic nitrogens is 2. The molecule has 0 aliphatic heterocycles. The van der Waals surface area contributed by atoms with Gasteiger partial charge >= 0.3 is 5.97 Å². The number of hydrogen-bond donors (Lipinski definition) is 2. The highest BCUT2D eigenvalue weighted by Crippen LogP contribution is 2.23. The lowest BCUT2D eigenvalue weighted by Gasteiger charge is -2.12. The van der Waals surface area contributed by atoms with Crippen LogP contribution >= 0.6 is 0 Å². The summed E-state index contributed by atoms with van der Waals surface area (Å²) in [6.07, 6.45) is 4.95. The Morgan fingerprint density at radius 2 is 1.79 bits per heavy atom. The molecule has 0 saturated carbocycles. The summed E-state index contributed by atoms with van der Waals surface area (Å²) in [6.45, 7) is 0.143. The van der Waals surface area contributed by atoms with E-state index in [1.807, 2.05) is 42.5 Å². The molecular formula is C26H22N4O3. The molecule has 7 nitrogen and oxygen atoms in total. The molecule has 2 heterocycles. The maximum Gasteiger partial charge on any atom is 0.336 e. The Morgan fingerprint density at radius 1 is 1.06 bits per heavy atom. The summed E-state index contributed by atoms with van der Waals surface area (Å²) in [7, 11) is 1.72. The van der Waals surface area contributed by atoms with Crippen molar-refractivity contribution in [3.8, 4) is 5.75 Å². The van der Waals surface area contributed by atoms with Crippen LogP contribution < -0.4 is 10.5 Å². The average molecular weight is 438 g/mol. The van der Waals surface area contributed by atoms with E-state index in [4.69, 9.17) is 10.5 Å². The molecule has 0 amide bonds. The molecule has 7 heteroatoms. The number of pyridine rings is 2. The number of carbonyl (C=O) groups is 1. The minimum Gasteiger partial charge on any atom is -0.487 e. The first-order valence-electron chi connectivity index (χ1n) is 10.3. The number of allylic oxidation sites excluding steroid dienone is 1. The normalized spacial score (nSPS) is 12.0. The van der Waals surface area contributed by atoms with Gasteiger partial charge in [0.2, 0.25) is 0 Å². The van der Waals surface area contributed by atoms with Crippen LogP contribution in [0.1, 0.15) is 27.2 Å². The molecule has 0 spiro atoms. The second kappa shape index (κ2) is 9.74. The number of carboxylic acids is 1. The first kappa shape index (κ1) is 21.7. The van der Waals surface area contributed by atoms with Crippen LogP contribution in [0, 0.1) is 0 Å². The number of para-hydroxylation sites is 1. The molecule has 2 aromatic carbocycles. The Bertz CT molecular complexity index is 1350. The SMILES string of the molecule is CN=C(C(=CN)c1ccncc1)c1ccc(OCc2cc(C(=O)O)c3ccccc3n2)cc1. The van der Waals surface area contributed by atoms with Crippen molar-refractivity contribution in [1.82, 2.24) is 9.97 Å². The summed E-state index contributed by atoms with van der Waals surface area (Å²) in [5.41, 5.74) is 10.6. The Kier molecular flexibility index (Phi) is 6.40. The molecule has 3 N–H and O–H groups in total. The van der Waals surface area contributed by atoms with Gasteiger partial charge in [0, 0.05) is 42.2 Å². The van der Waals surface area contributed by atoms with Crippen molar-refractivity contribution >= 4 is 28.2 Å². The van der Waals surface area contributed by atoms with Crippen LogP contribution in [0.5, 0.6) is 5.75 Å². The topological polar surface area (TPSA) is 111 Å². The summed E-state index contributed by atoms with van der Waals surface area (Å²) < 4.78 is 5.87. The van der Waals surface area contributed by atoms with Crippen LogP contribution in [0.4, 0.5) is 0 Å². The summed E-state index contributed by atoms with van der Waals surface area (Å²) in [4.78, 5) is 24.7. The minimum absolute atomic E-state index is 0.143. The van der Waals surface area contributed by atoms with Crippen molar-refractivity contribution in [1.29, 1.82) is 0 Å². The van der Waals surface area contributed by atoms with Crippen molar-refractivity contribution in [3.05, 3.63) is 108 Å². The predicted octanol–water partition coefficient (Wildman–Crippen LogP) is 4.33. The van der Waals surface area contributed by atoms with Crippen LogP contribution in [-0.4, -0.2) is 33.8 Å². The number of nitrogens with two attached hydrogens (primary N) is 1. The highest BCUT2D eigenvalue weighted by atomic mass is 16.5. The third-order valence-corrected chi connectivity index (χ3v) is 5.15. The van der Waals surface area contributed by atoms with Crippen molar-refractivity contribution in [2.45, 2.75) is 6.61 Å². The van der Waals surface area contributed by atoms with Gasteiger partial charge in [-0.25, -0.2) is 9.78 Å². The van der Waals surface area contributed by atoms with Gasteiger partial charge in [0.1, 0.15) is 12.4 Å². The molecule has 4 aromatic rings. The number of aliphatic imine (C=N–C) groups is 1. The third-order valence-electron chi connectivity index (χ3n) is 5.15. The average Bonchev–Trinajstić information content (AvgIpc) is 2.86. The number of benzene rings is 2. The molecule has 0 bridgehead atoms. The second-order valence-corrected chi connectivity index (χ2v) is 7.18. The fraction of sp³-hybridized carbons (Fsp3) is 0.0769. The van der Waals surface area contributed by atoms with Gasteiger partial charge in [0.25, 0.3) is 0 Å². The lowest BCUT2D eigenvalue weighted by Crippen LogP contribution is -2.07. The molecule has 0 unspecified atom stereocenters. The second-order valence-electron chi connectivity index (χ2n) is 7.18. The lowest BCUT2D eigenvalue weighted by molar-refractivity contribution is 0.0698. The molecule has 164 valence electrons. The molecule has 4 rings (SSSR count). The molecule has 0 fully saturated rings. The molecule has 0 saturated heterocycles. The van der Waals surface area contributed by atoms with Crippen LogP contribution in [0.3, 0.4) is 0 Å². The van der Waals surface area contributed by atoms with E-state index in [2.05, 4.69) is 15.0 Å². The number of hydrogen-bond acceptors (Lipinski definition) is 6. The van der Waals surface area contributed by atoms with Gasteiger partial charge in [0.15, 0.2) is 0 Å². The van der Waals surface area contributed by atoms with Crippen LogP contribution in [-0.2, 0) is 6.61 Å². The quantitative estimate of drug-likeness (QED) is 0.416. The smallest absolute Gasteiger partial charge is 0.336 e. The van der Waals surface area contributed by atoms with Gasteiger partial charge in [-0.2, -0.15) is 0 Å². The van der Waals surface area contributed by atoms with Crippen molar-refractivity contribution in [3.63, 3.8) is 0 Å². The van der Waals surface area contributed by atoms with E-state index in [9.17, 15) is 9.90 Å². The number of nitrogens with zero attached hydrogens (tertiary/aromatic N) is 3. The first-order chi connectivity index (χ1) is 16.1. The zero-order valence-corrected chi connectivity index (χ0v) is 18.0. The zero-order valence-electron chi connectivity index (χ0n) is 18.0. The first-order valence-corrected chi connectivity index (χ1v) is 10.3. The fourth-order valence-electron chi connectivity index (χ4n) is 3.60. The molecular weight excluding hydrogens is 416 g/mol. The van der Waals surface area contributed by atoms with Gasteiger partial charge in [-0.1, -0.05) is 18.2 Å². The maximum absolute atomic E-state index is 11.7. The number of rotatable bonds is 7. The molecule has 0 aliphatic rings. The van der Waals surface area contributed by atoms with Gasteiger partial charge in [-0.05, 0) is 54.1 Å². The Morgan fingerprint density at radius 3 is 2.45 bits per heavy atom. The standard InChI is InChI=1S/C26H22N4O3/c1-28-25(23(15-27)17-10-12-29-13-11-17)18-6-8-20(9-7-18)33-16-19-14-22(26(31)32)21-4-2-3-5-24(21)30-19/h2-15H,16,27H2,1H3,(H,31,32). The number of aromatic carboxylic acids is 1. The number of ether oxygens (including phenoxy) is 1. The highest BCUT2D eigenvalue weighted by Gasteiger charge is 2.13. The Labute approximate surface area is 190 Å². The zero-order chi connectivity index (χ0) is 23.2. The van der Waals surface area contributed by atoms with Crippen LogP contribution in [0.2, 0.25) is 0 Å². The highest BCUT2D eigenvalue weighted by molar-refractivity contribution is 6.31. The van der Waals surface area contributed by atoms with Gasteiger partial charge in [0.05, 0.1) is 22.5 Å². The summed E-state index contributed by atoms with van der Waals surface area (Å²) in [6, 6.07) is 19.9. The van der Waals surface area contributed by atoms with Gasteiger partial charge in [-0.15, -0.1) is 0 Å². The van der Waals surface area contributed by atoms with Gasteiger partial charge < -0.3 is 15.6 Å². The fourth-order valence-corrected chi connectivity index (χ4v) is 3.60. The Balaban J connectivity index is 1.53. The van der Waals surface area contributed by atoms with E-state index < -0.39 is 5.97 Å². The Hall–Kier alpha value is -4.52. The molecule has 33 heavy (non-hydrogen) atoms. The van der Waals surface area contributed by atoms with Crippen molar-refractivity contribution in [2.24, 2.45) is 10.7 Å². The predicted molar refractivity (Wildman–Crippen MR) is 128 cm³/mol. The molecule has 0 atom stereocenters. The lowest BCUT2D eigenvalue weighted by atomic mass is 9.97. The number of carboxylic acid groups (broad SMARTS) is 1. The van der Waals surface area contributed by atoms with E-state index in [1.54, 1.807) is 43.7 Å².